The van der Waals surface area contributed by atoms with Gasteiger partial charge in [0.2, 0.25) is 0 Å². The summed E-state index contributed by atoms with van der Waals surface area (Å²) in [4.78, 5) is 18.5. The van der Waals surface area contributed by atoms with Crippen LogP contribution in [0.15, 0.2) is 18.5 Å². The van der Waals surface area contributed by atoms with Crippen molar-refractivity contribution >= 4 is 34.7 Å². The Morgan fingerprint density at radius 3 is 2.79 bits per heavy atom. The van der Waals surface area contributed by atoms with Crippen LogP contribution in [0.4, 0.5) is 0 Å². The molecule has 0 radical (unpaired) electrons. The summed E-state index contributed by atoms with van der Waals surface area (Å²) >= 11 is 11.0. The molecule has 1 aromatic rings. The first-order valence-corrected chi connectivity index (χ1v) is 7.07. The zero-order chi connectivity index (χ0) is 13.8. The molecule has 1 fully saturated rings. The standard InChI is InChI=1S/C13H16ClN3OS/c14-11-7-16-6-5-10(11)13(18)17(8-12(15)19)9-3-1-2-4-9/h5-7,9H,1-4,8H2,(H2,15,19). The zero-order valence-electron chi connectivity index (χ0n) is 10.5. The Bertz CT molecular complexity index is 489. The van der Waals surface area contributed by atoms with Crippen molar-refractivity contribution in [2.24, 2.45) is 5.73 Å². The molecular weight excluding hydrogens is 282 g/mol. The molecule has 6 heteroatoms. The molecule has 1 saturated carbocycles. The molecular formula is C13H16ClN3OS. The van der Waals surface area contributed by atoms with Crippen molar-refractivity contribution in [1.82, 2.24) is 9.88 Å². The van der Waals surface area contributed by atoms with E-state index in [4.69, 9.17) is 29.6 Å². The second kappa shape index (κ2) is 6.30. The van der Waals surface area contributed by atoms with Crippen LogP contribution in [0, 0.1) is 0 Å². The van der Waals surface area contributed by atoms with E-state index in [0.29, 0.717) is 22.1 Å². The van der Waals surface area contributed by atoms with E-state index in [9.17, 15) is 4.79 Å². The number of hydrogen-bond donors (Lipinski definition) is 1. The minimum atomic E-state index is -0.118. The molecule has 1 amide bonds. The minimum Gasteiger partial charge on any atom is -0.392 e. The summed E-state index contributed by atoms with van der Waals surface area (Å²) in [7, 11) is 0. The van der Waals surface area contributed by atoms with Crippen LogP contribution in [0.1, 0.15) is 36.0 Å². The highest BCUT2D eigenvalue weighted by Gasteiger charge is 2.28. The number of nitrogens with zero attached hydrogens (tertiary/aromatic N) is 2. The summed E-state index contributed by atoms with van der Waals surface area (Å²) in [6.07, 6.45) is 7.30. The average Bonchev–Trinajstić information content (AvgIpc) is 2.89. The third-order valence-electron chi connectivity index (χ3n) is 3.36. The normalized spacial score (nSPS) is 15.4. The molecule has 0 atom stereocenters. The van der Waals surface area contributed by atoms with Gasteiger partial charge in [0.1, 0.15) is 0 Å². The van der Waals surface area contributed by atoms with E-state index in [-0.39, 0.29) is 11.9 Å². The lowest BCUT2D eigenvalue weighted by atomic mass is 10.1. The summed E-state index contributed by atoms with van der Waals surface area (Å²) in [5, 5.41) is 0.360. The van der Waals surface area contributed by atoms with E-state index in [2.05, 4.69) is 4.98 Å². The molecule has 2 N–H and O–H groups in total. The van der Waals surface area contributed by atoms with E-state index in [1.54, 1.807) is 17.2 Å². The van der Waals surface area contributed by atoms with Gasteiger partial charge in [-0.25, -0.2) is 0 Å². The van der Waals surface area contributed by atoms with Crippen LogP contribution >= 0.6 is 23.8 Å². The lowest BCUT2D eigenvalue weighted by Crippen LogP contribution is -2.43. The molecule has 0 bridgehead atoms. The molecule has 0 aromatic carbocycles. The molecule has 0 spiro atoms. The van der Waals surface area contributed by atoms with Crippen LogP contribution in [0.3, 0.4) is 0 Å². The molecule has 1 aliphatic carbocycles. The second-order valence-corrected chi connectivity index (χ2v) is 5.62. The van der Waals surface area contributed by atoms with Gasteiger partial charge in [0.15, 0.2) is 0 Å². The largest absolute Gasteiger partial charge is 0.392 e. The number of aromatic nitrogens is 1. The number of nitrogens with two attached hydrogens (primary N) is 1. The SMILES string of the molecule is NC(=S)CN(C(=O)c1ccncc1Cl)C1CCCC1. The molecule has 1 aliphatic rings. The lowest BCUT2D eigenvalue weighted by molar-refractivity contribution is 0.0714. The number of thiocarbonyl (C=S) groups is 1. The van der Waals surface area contributed by atoms with Gasteiger partial charge in [0.05, 0.1) is 22.1 Å². The summed E-state index contributed by atoms with van der Waals surface area (Å²) < 4.78 is 0. The first kappa shape index (κ1) is 14.2. The number of halogens is 1. The van der Waals surface area contributed by atoms with Crippen molar-refractivity contribution in [2.75, 3.05) is 6.54 Å². The highest BCUT2D eigenvalue weighted by Crippen LogP contribution is 2.26. The highest BCUT2D eigenvalue weighted by atomic mass is 35.5. The van der Waals surface area contributed by atoms with Gasteiger partial charge in [-0.1, -0.05) is 36.7 Å². The smallest absolute Gasteiger partial charge is 0.256 e. The maximum Gasteiger partial charge on any atom is 0.256 e. The first-order valence-electron chi connectivity index (χ1n) is 6.28. The fraction of sp³-hybridized carbons (Fsp3) is 0.462. The van der Waals surface area contributed by atoms with Gasteiger partial charge >= 0.3 is 0 Å². The van der Waals surface area contributed by atoms with Gasteiger partial charge in [-0.2, -0.15) is 0 Å². The van der Waals surface area contributed by atoms with Crippen molar-refractivity contribution in [3.63, 3.8) is 0 Å². The molecule has 102 valence electrons. The average molecular weight is 298 g/mol. The van der Waals surface area contributed by atoms with Crippen molar-refractivity contribution in [2.45, 2.75) is 31.7 Å². The maximum atomic E-state index is 12.6. The van der Waals surface area contributed by atoms with Gasteiger partial charge in [-0.05, 0) is 18.9 Å². The van der Waals surface area contributed by atoms with Crippen molar-refractivity contribution in [3.05, 3.63) is 29.0 Å². The quantitative estimate of drug-likeness (QED) is 0.867. The molecule has 2 rings (SSSR count). The fourth-order valence-corrected chi connectivity index (χ4v) is 2.79. The zero-order valence-corrected chi connectivity index (χ0v) is 12.1. The second-order valence-electron chi connectivity index (χ2n) is 4.69. The lowest BCUT2D eigenvalue weighted by Gasteiger charge is -2.28. The summed E-state index contributed by atoms with van der Waals surface area (Å²) in [6, 6.07) is 1.84. The number of carbonyl (C=O) groups excluding carboxylic acids is 1. The molecule has 4 nitrogen and oxygen atoms in total. The van der Waals surface area contributed by atoms with Crippen molar-refractivity contribution < 1.29 is 4.79 Å². The highest BCUT2D eigenvalue weighted by molar-refractivity contribution is 7.80. The van der Waals surface area contributed by atoms with Gasteiger partial charge < -0.3 is 10.6 Å². The number of carbonyl (C=O) groups is 1. The van der Waals surface area contributed by atoms with Gasteiger partial charge in [-0.3, -0.25) is 9.78 Å². The fourth-order valence-electron chi connectivity index (χ4n) is 2.45. The number of amides is 1. The van der Waals surface area contributed by atoms with Gasteiger partial charge in [-0.15, -0.1) is 0 Å². The molecule has 19 heavy (non-hydrogen) atoms. The Labute approximate surface area is 122 Å². The number of pyridine rings is 1. The summed E-state index contributed by atoms with van der Waals surface area (Å²) in [6.45, 7) is 0.303. The van der Waals surface area contributed by atoms with E-state index in [1.807, 2.05) is 0 Å². The number of hydrogen-bond acceptors (Lipinski definition) is 3. The van der Waals surface area contributed by atoms with Crippen LogP contribution < -0.4 is 5.73 Å². The molecule has 0 aliphatic heterocycles. The Kier molecular flexibility index (Phi) is 4.71. The Morgan fingerprint density at radius 2 is 2.21 bits per heavy atom. The first-order chi connectivity index (χ1) is 9.09. The number of rotatable bonds is 4. The van der Waals surface area contributed by atoms with E-state index >= 15 is 0 Å². The monoisotopic (exact) mass is 297 g/mol. The van der Waals surface area contributed by atoms with Crippen LogP contribution in [-0.4, -0.2) is 33.4 Å². The molecule has 0 saturated heterocycles. The third kappa shape index (κ3) is 3.42. The predicted octanol–water partition coefficient (Wildman–Crippen LogP) is 2.41. The van der Waals surface area contributed by atoms with Crippen LogP contribution in [0.2, 0.25) is 5.02 Å². The molecule has 0 unspecified atom stereocenters. The Morgan fingerprint density at radius 1 is 1.53 bits per heavy atom. The predicted molar refractivity (Wildman–Crippen MR) is 79.3 cm³/mol. The Hall–Kier alpha value is -1.20. The topological polar surface area (TPSA) is 59.2 Å². The third-order valence-corrected chi connectivity index (χ3v) is 3.79. The van der Waals surface area contributed by atoms with Crippen molar-refractivity contribution in [1.29, 1.82) is 0 Å². The molecule has 1 aromatic heterocycles. The molecule has 1 heterocycles. The van der Waals surface area contributed by atoms with Crippen LogP contribution in [0.5, 0.6) is 0 Å². The van der Waals surface area contributed by atoms with Gasteiger partial charge in [0, 0.05) is 18.4 Å². The van der Waals surface area contributed by atoms with Crippen molar-refractivity contribution in [3.8, 4) is 0 Å². The van der Waals surface area contributed by atoms with E-state index in [0.717, 1.165) is 25.7 Å². The summed E-state index contributed by atoms with van der Waals surface area (Å²) in [5.41, 5.74) is 6.07. The Balaban J connectivity index is 2.24. The van der Waals surface area contributed by atoms with E-state index < -0.39 is 0 Å². The summed E-state index contributed by atoms with van der Waals surface area (Å²) in [5.74, 6) is -0.118. The van der Waals surface area contributed by atoms with Crippen LogP contribution in [-0.2, 0) is 0 Å². The van der Waals surface area contributed by atoms with Crippen LogP contribution in [0.25, 0.3) is 0 Å². The van der Waals surface area contributed by atoms with E-state index in [1.165, 1.54) is 6.20 Å². The maximum absolute atomic E-state index is 12.6. The minimum absolute atomic E-state index is 0.118. The van der Waals surface area contributed by atoms with Gasteiger partial charge in [0.25, 0.3) is 5.91 Å².